The van der Waals surface area contributed by atoms with Crippen LogP contribution in [-0.2, 0) is 14.3 Å². The van der Waals surface area contributed by atoms with Gasteiger partial charge in [0.05, 0.1) is 25.2 Å². The Kier molecular flexibility index (Phi) is 41.7. The maximum atomic E-state index is 13.1. The molecule has 0 bridgehead atoms. The highest BCUT2D eigenvalue weighted by atomic mass is 16.5. The molecule has 0 aliphatic heterocycles. The van der Waals surface area contributed by atoms with Gasteiger partial charge in [0, 0.05) is 6.42 Å². The standard InChI is InChI=1S/C49H91NO5/c1-4-7-10-13-16-18-20-22-23-24-25-26-28-30-33-36-39-42-49(54)55-45(40-37-34-31-15-12-9-6-3)43-48(53)50-46(44-51)47(52)41-38-35-32-29-27-21-19-17-14-11-8-5-2/h16,18,22-23,25-26,45-47,51-52H,4-15,17,19-21,24,27-44H2,1-3H3,(H,50,53)/b18-16-,23-22-,26-25-. The molecule has 1 amide bonds. The number of carbonyl (C=O) groups excluding carboxylic acids is 2. The van der Waals surface area contributed by atoms with Gasteiger partial charge in [-0.1, -0.05) is 198 Å². The van der Waals surface area contributed by atoms with Crippen LogP contribution in [0.1, 0.15) is 239 Å². The van der Waals surface area contributed by atoms with Crippen LogP contribution in [0, 0.1) is 0 Å². The zero-order valence-corrected chi connectivity index (χ0v) is 36.6. The van der Waals surface area contributed by atoms with Crippen LogP contribution in [0.15, 0.2) is 36.5 Å². The number of allylic oxidation sites excluding steroid dienone is 6. The van der Waals surface area contributed by atoms with Gasteiger partial charge in [0.2, 0.25) is 5.91 Å². The Hall–Kier alpha value is -1.92. The molecule has 0 saturated carbocycles. The van der Waals surface area contributed by atoms with Gasteiger partial charge in [-0.05, 0) is 64.2 Å². The van der Waals surface area contributed by atoms with E-state index in [1.54, 1.807) is 0 Å². The molecule has 0 aromatic carbocycles. The van der Waals surface area contributed by atoms with Gasteiger partial charge in [-0.2, -0.15) is 0 Å². The molecule has 0 spiro atoms. The van der Waals surface area contributed by atoms with Crippen molar-refractivity contribution in [3.63, 3.8) is 0 Å². The average Bonchev–Trinajstić information content (AvgIpc) is 3.18. The predicted molar refractivity (Wildman–Crippen MR) is 236 cm³/mol. The van der Waals surface area contributed by atoms with E-state index >= 15 is 0 Å². The number of unbranched alkanes of at least 4 members (excludes halogenated alkanes) is 24. The van der Waals surface area contributed by atoms with E-state index in [0.29, 0.717) is 19.3 Å². The van der Waals surface area contributed by atoms with Crippen molar-refractivity contribution < 1.29 is 24.5 Å². The molecule has 6 heteroatoms. The Labute approximate surface area is 341 Å². The van der Waals surface area contributed by atoms with Gasteiger partial charge >= 0.3 is 5.97 Å². The third kappa shape index (κ3) is 38.7. The summed E-state index contributed by atoms with van der Waals surface area (Å²) >= 11 is 0. The number of hydrogen-bond donors (Lipinski definition) is 3. The Balaban J connectivity index is 4.44. The number of ether oxygens (including phenoxy) is 1. The first-order valence-electron chi connectivity index (χ1n) is 23.7. The second-order valence-corrected chi connectivity index (χ2v) is 16.2. The summed E-state index contributed by atoms with van der Waals surface area (Å²) < 4.78 is 5.87. The van der Waals surface area contributed by atoms with Crippen molar-refractivity contribution in [2.75, 3.05) is 6.61 Å². The molecular weight excluding hydrogens is 683 g/mol. The molecule has 0 aromatic heterocycles. The zero-order chi connectivity index (χ0) is 40.3. The fourth-order valence-electron chi connectivity index (χ4n) is 7.08. The van der Waals surface area contributed by atoms with Crippen molar-refractivity contribution in [2.45, 2.75) is 257 Å². The molecule has 0 heterocycles. The number of amides is 1. The minimum absolute atomic E-state index is 0.0701. The summed E-state index contributed by atoms with van der Waals surface area (Å²) in [4.78, 5) is 25.9. The van der Waals surface area contributed by atoms with Crippen molar-refractivity contribution in [3.05, 3.63) is 36.5 Å². The van der Waals surface area contributed by atoms with Crippen molar-refractivity contribution >= 4 is 11.9 Å². The number of rotatable bonds is 42. The van der Waals surface area contributed by atoms with Gasteiger partial charge < -0.3 is 20.3 Å². The molecule has 322 valence electrons. The van der Waals surface area contributed by atoms with E-state index < -0.39 is 18.2 Å². The van der Waals surface area contributed by atoms with E-state index in [1.807, 2.05) is 0 Å². The second kappa shape index (κ2) is 43.2. The fourth-order valence-corrected chi connectivity index (χ4v) is 7.08. The van der Waals surface area contributed by atoms with Crippen LogP contribution in [0.2, 0.25) is 0 Å². The summed E-state index contributed by atoms with van der Waals surface area (Å²) in [5.41, 5.74) is 0. The smallest absolute Gasteiger partial charge is 0.306 e. The van der Waals surface area contributed by atoms with Crippen molar-refractivity contribution in [1.29, 1.82) is 0 Å². The summed E-state index contributed by atoms with van der Waals surface area (Å²) in [5.74, 6) is -0.499. The highest BCUT2D eigenvalue weighted by molar-refractivity contribution is 5.77. The maximum Gasteiger partial charge on any atom is 0.306 e. The first-order chi connectivity index (χ1) is 27.0. The Morgan fingerprint density at radius 1 is 0.527 bits per heavy atom. The lowest BCUT2D eigenvalue weighted by atomic mass is 10.0. The number of esters is 1. The van der Waals surface area contributed by atoms with E-state index in [-0.39, 0.29) is 24.9 Å². The van der Waals surface area contributed by atoms with Gasteiger partial charge in [-0.3, -0.25) is 9.59 Å². The minimum atomic E-state index is -0.786. The largest absolute Gasteiger partial charge is 0.462 e. The lowest BCUT2D eigenvalue weighted by molar-refractivity contribution is -0.151. The quantitative estimate of drug-likeness (QED) is 0.0326. The third-order valence-electron chi connectivity index (χ3n) is 10.7. The second-order valence-electron chi connectivity index (χ2n) is 16.2. The normalized spacial score (nSPS) is 13.6. The summed E-state index contributed by atoms with van der Waals surface area (Å²) in [6, 6.07) is -0.700. The molecule has 6 nitrogen and oxygen atoms in total. The molecule has 0 fully saturated rings. The molecule has 0 radical (unpaired) electrons. The molecule has 0 saturated heterocycles. The van der Waals surface area contributed by atoms with E-state index in [2.05, 4.69) is 62.5 Å². The number of carbonyl (C=O) groups is 2. The maximum absolute atomic E-state index is 13.1. The van der Waals surface area contributed by atoms with Crippen LogP contribution >= 0.6 is 0 Å². The van der Waals surface area contributed by atoms with Crippen LogP contribution in [0.4, 0.5) is 0 Å². The fraction of sp³-hybridized carbons (Fsp3) is 0.837. The minimum Gasteiger partial charge on any atom is -0.462 e. The van der Waals surface area contributed by atoms with Crippen molar-refractivity contribution in [1.82, 2.24) is 5.32 Å². The zero-order valence-electron chi connectivity index (χ0n) is 36.6. The summed E-state index contributed by atoms with van der Waals surface area (Å²) in [5, 5.41) is 23.6. The Morgan fingerprint density at radius 2 is 0.927 bits per heavy atom. The summed E-state index contributed by atoms with van der Waals surface area (Å²) in [6.07, 6.45) is 49.2. The monoisotopic (exact) mass is 774 g/mol. The Bertz CT molecular complexity index is 915. The molecule has 3 unspecified atom stereocenters. The molecule has 0 aromatic rings. The predicted octanol–water partition coefficient (Wildman–Crippen LogP) is 13.7. The highest BCUT2D eigenvalue weighted by Gasteiger charge is 2.24. The lowest BCUT2D eigenvalue weighted by Gasteiger charge is -2.24. The van der Waals surface area contributed by atoms with Crippen LogP contribution in [0.3, 0.4) is 0 Å². The molecule has 55 heavy (non-hydrogen) atoms. The van der Waals surface area contributed by atoms with Gasteiger partial charge in [0.25, 0.3) is 0 Å². The molecule has 0 aliphatic rings. The molecule has 3 atom stereocenters. The number of aliphatic hydroxyl groups is 2. The average molecular weight is 774 g/mol. The SMILES string of the molecule is CCCCC/C=C\C/C=C\C/C=C\CCCCCCC(=O)OC(CCCCCCCCC)CC(=O)NC(CO)C(O)CCCCCCCCCCCCCC. The highest BCUT2D eigenvalue weighted by Crippen LogP contribution is 2.17. The molecule has 0 rings (SSSR count). The van der Waals surface area contributed by atoms with Crippen LogP contribution in [-0.4, -0.2) is 46.9 Å². The van der Waals surface area contributed by atoms with Gasteiger partial charge in [0.15, 0.2) is 0 Å². The number of hydrogen-bond acceptors (Lipinski definition) is 5. The van der Waals surface area contributed by atoms with Crippen molar-refractivity contribution in [3.8, 4) is 0 Å². The third-order valence-corrected chi connectivity index (χ3v) is 10.7. The van der Waals surface area contributed by atoms with Gasteiger partial charge in [-0.25, -0.2) is 0 Å². The number of aliphatic hydroxyl groups excluding tert-OH is 2. The first kappa shape index (κ1) is 53.1. The number of nitrogens with one attached hydrogen (secondary N) is 1. The topological polar surface area (TPSA) is 95.9 Å². The molecular formula is C49H91NO5. The van der Waals surface area contributed by atoms with Gasteiger partial charge in [0.1, 0.15) is 6.10 Å². The van der Waals surface area contributed by atoms with Crippen molar-refractivity contribution in [2.24, 2.45) is 0 Å². The van der Waals surface area contributed by atoms with Crippen LogP contribution in [0.25, 0.3) is 0 Å². The lowest BCUT2D eigenvalue weighted by Crippen LogP contribution is -2.46. The van der Waals surface area contributed by atoms with Crippen LogP contribution < -0.4 is 5.32 Å². The summed E-state index contributed by atoms with van der Waals surface area (Å²) in [6.45, 7) is 6.41. The van der Waals surface area contributed by atoms with E-state index in [1.165, 1.54) is 109 Å². The van der Waals surface area contributed by atoms with Gasteiger partial charge in [-0.15, -0.1) is 0 Å². The molecule has 3 N–H and O–H groups in total. The summed E-state index contributed by atoms with van der Waals surface area (Å²) in [7, 11) is 0. The van der Waals surface area contributed by atoms with Crippen LogP contribution in [0.5, 0.6) is 0 Å². The first-order valence-corrected chi connectivity index (χ1v) is 23.7. The van der Waals surface area contributed by atoms with E-state index in [0.717, 1.165) is 83.5 Å². The van der Waals surface area contributed by atoms with E-state index in [9.17, 15) is 19.8 Å². The Morgan fingerprint density at radius 3 is 1.44 bits per heavy atom. The van der Waals surface area contributed by atoms with E-state index in [4.69, 9.17) is 4.74 Å². The molecule has 0 aliphatic carbocycles.